The summed E-state index contributed by atoms with van der Waals surface area (Å²) in [5.41, 5.74) is 2.69. The highest BCUT2D eigenvalue weighted by Gasteiger charge is 2.36. The molecule has 0 bridgehead atoms. The number of H-pyrrole nitrogens is 1. The summed E-state index contributed by atoms with van der Waals surface area (Å²) < 4.78 is 40.8. The third-order valence-electron chi connectivity index (χ3n) is 4.30. The van der Waals surface area contributed by atoms with Gasteiger partial charge in [0.05, 0.1) is 11.8 Å². The largest absolute Gasteiger partial charge is 0.522 e. The molecule has 1 aromatic heterocycles. The lowest BCUT2D eigenvalue weighted by atomic mass is 10.0. The molecule has 1 fully saturated rings. The third-order valence-corrected chi connectivity index (χ3v) is 4.30. The number of benzene rings is 1. The van der Waals surface area contributed by atoms with Gasteiger partial charge in [-0.25, -0.2) is 0 Å². The van der Waals surface area contributed by atoms with E-state index in [1.54, 1.807) is 6.92 Å². The van der Waals surface area contributed by atoms with Crippen LogP contribution >= 0.6 is 0 Å². The number of nitrogens with zero attached hydrogens (tertiary/aromatic N) is 2. The number of ether oxygens (including phenoxy) is 1. The Morgan fingerprint density at radius 2 is 1.88 bits per heavy atom. The van der Waals surface area contributed by atoms with Gasteiger partial charge in [-0.05, 0) is 19.8 Å². The van der Waals surface area contributed by atoms with Gasteiger partial charge in [-0.1, -0.05) is 30.3 Å². The molecule has 1 aliphatic rings. The van der Waals surface area contributed by atoms with Crippen molar-refractivity contribution >= 4 is 5.91 Å². The molecule has 1 N–H and O–H groups in total. The van der Waals surface area contributed by atoms with Crippen LogP contribution in [0.3, 0.4) is 0 Å². The smallest absolute Gasteiger partial charge is 0.337 e. The molecule has 1 aliphatic heterocycles. The number of amides is 1. The molecule has 25 heavy (non-hydrogen) atoms. The minimum atomic E-state index is -4.64. The van der Waals surface area contributed by atoms with E-state index in [2.05, 4.69) is 14.9 Å². The van der Waals surface area contributed by atoms with Crippen LogP contribution in [0.25, 0.3) is 11.3 Å². The quantitative estimate of drug-likeness (QED) is 0.918. The minimum absolute atomic E-state index is 0.157. The zero-order chi connectivity index (χ0) is 18.0. The number of carbonyl (C=O) groups excluding carboxylic acids is 1. The van der Waals surface area contributed by atoms with E-state index in [4.69, 9.17) is 0 Å². The summed E-state index contributed by atoms with van der Waals surface area (Å²) >= 11 is 0. The van der Waals surface area contributed by atoms with E-state index in [0.29, 0.717) is 11.4 Å². The number of hydrogen-bond donors (Lipinski definition) is 1. The topological polar surface area (TPSA) is 58.2 Å². The lowest BCUT2D eigenvalue weighted by Gasteiger charge is -2.32. The van der Waals surface area contributed by atoms with Crippen molar-refractivity contribution in [1.82, 2.24) is 15.1 Å². The highest BCUT2D eigenvalue weighted by molar-refractivity contribution is 5.95. The van der Waals surface area contributed by atoms with Crippen LogP contribution in [-0.4, -0.2) is 46.6 Å². The van der Waals surface area contributed by atoms with Gasteiger partial charge in [0.15, 0.2) is 0 Å². The van der Waals surface area contributed by atoms with Crippen molar-refractivity contribution < 1.29 is 22.7 Å². The summed E-state index contributed by atoms with van der Waals surface area (Å²) in [7, 11) is 0. The molecule has 1 saturated heterocycles. The van der Waals surface area contributed by atoms with Gasteiger partial charge >= 0.3 is 6.36 Å². The summed E-state index contributed by atoms with van der Waals surface area (Å²) in [6.07, 6.45) is -5.22. The van der Waals surface area contributed by atoms with Crippen LogP contribution in [0.4, 0.5) is 13.2 Å². The normalized spacial score (nSPS) is 16.2. The first-order chi connectivity index (χ1) is 11.8. The van der Waals surface area contributed by atoms with Gasteiger partial charge in [0.2, 0.25) is 0 Å². The number of nitrogens with one attached hydrogen (secondary N) is 1. The van der Waals surface area contributed by atoms with Gasteiger partial charge in [0, 0.05) is 24.2 Å². The number of hydrogen-bond acceptors (Lipinski definition) is 3. The number of aromatic nitrogens is 2. The lowest BCUT2D eigenvalue weighted by molar-refractivity contribution is -0.345. The fourth-order valence-electron chi connectivity index (χ4n) is 3.01. The van der Waals surface area contributed by atoms with E-state index in [1.165, 1.54) is 4.90 Å². The van der Waals surface area contributed by atoms with Crippen molar-refractivity contribution in [2.45, 2.75) is 32.2 Å². The number of likely N-dealkylation sites (tertiary alicyclic amines) is 1. The van der Waals surface area contributed by atoms with Gasteiger partial charge in [0.25, 0.3) is 5.91 Å². The van der Waals surface area contributed by atoms with E-state index in [-0.39, 0.29) is 31.8 Å². The zero-order valence-electron chi connectivity index (χ0n) is 13.6. The monoisotopic (exact) mass is 353 g/mol. The van der Waals surface area contributed by atoms with Crippen LogP contribution < -0.4 is 0 Å². The maximum atomic E-state index is 12.6. The molecular weight excluding hydrogens is 335 g/mol. The van der Waals surface area contributed by atoms with Crippen LogP contribution in [0.1, 0.15) is 28.9 Å². The molecule has 1 aromatic carbocycles. The number of piperidine rings is 1. The van der Waals surface area contributed by atoms with Gasteiger partial charge < -0.3 is 4.90 Å². The SMILES string of the molecule is Cc1c(-c2ccccc2)n[nH]c1C(=O)N1CCC(OC(F)(F)F)CC1. The van der Waals surface area contributed by atoms with Crippen molar-refractivity contribution in [3.05, 3.63) is 41.6 Å². The van der Waals surface area contributed by atoms with Gasteiger partial charge in [-0.15, -0.1) is 13.2 Å². The first-order valence-electron chi connectivity index (χ1n) is 7.99. The molecule has 0 saturated carbocycles. The van der Waals surface area contributed by atoms with Crippen molar-refractivity contribution in [3.63, 3.8) is 0 Å². The van der Waals surface area contributed by atoms with Gasteiger partial charge in [-0.2, -0.15) is 5.10 Å². The van der Waals surface area contributed by atoms with Crippen LogP contribution in [0.5, 0.6) is 0 Å². The summed E-state index contributed by atoms with van der Waals surface area (Å²) in [4.78, 5) is 14.2. The van der Waals surface area contributed by atoms with Crippen molar-refractivity contribution in [2.24, 2.45) is 0 Å². The highest BCUT2D eigenvalue weighted by atomic mass is 19.4. The molecule has 0 spiro atoms. The second-order valence-corrected chi connectivity index (χ2v) is 5.99. The zero-order valence-corrected chi connectivity index (χ0v) is 13.6. The fourth-order valence-corrected chi connectivity index (χ4v) is 3.01. The summed E-state index contributed by atoms with van der Waals surface area (Å²) in [6.45, 7) is 2.25. The molecule has 8 heteroatoms. The van der Waals surface area contributed by atoms with Crippen LogP contribution in [-0.2, 0) is 4.74 Å². The van der Waals surface area contributed by atoms with E-state index < -0.39 is 12.5 Å². The minimum Gasteiger partial charge on any atom is -0.337 e. The Balaban J connectivity index is 1.68. The second kappa shape index (κ2) is 6.87. The number of rotatable bonds is 3. The molecule has 3 rings (SSSR count). The molecule has 2 heterocycles. The van der Waals surface area contributed by atoms with Gasteiger partial charge in [-0.3, -0.25) is 14.6 Å². The van der Waals surface area contributed by atoms with Crippen molar-refractivity contribution in [2.75, 3.05) is 13.1 Å². The van der Waals surface area contributed by atoms with E-state index in [1.807, 2.05) is 30.3 Å². The predicted molar refractivity (Wildman–Crippen MR) is 84.8 cm³/mol. The second-order valence-electron chi connectivity index (χ2n) is 5.99. The molecule has 1 amide bonds. The van der Waals surface area contributed by atoms with Crippen LogP contribution in [0.15, 0.2) is 30.3 Å². The van der Waals surface area contributed by atoms with E-state index in [0.717, 1.165) is 11.1 Å². The standard InChI is InChI=1S/C17H18F3N3O2/c1-11-14(12-5-3-2-4-6-12)21-22-15(11)16(24)23-9-7-13(8-10-23)25-17(18,19)20/h2-6,13H,7-10H2,1H3,(H,21,22). The summed E-state index contributed by atoms with van der Waals surface area (Å²) in [5.74, 6) is -0.252. The maximum Gasteiger partial charge on any atom is 0.522 e. The summed E-state index contributed by atoms with van der Waals surface area (Å²) in [5, 5.41) is 6.99. The molecule has 0 radical (unpaired) electrons. The Bertz CT molecular complexity index is 735. The summed E-state index contributed by atoms with van der Waals surface area (Å²) in [6, 6.07) is 9.46. The Morgan fingerprint density at radius 3 is 2.48 bits per heavy atom. The number of carbonyl (C=O) groups is 1. The molecule has 0 aliphatic carbocycles. The molecule has 0 unspecified atom stereocenters. The molecule has 2 aromatic rings. The molecule has 5 nitrogen and oxygen atoms in total. The maximum absolute atomic E-state index is 12.6. The highest BCUT2D eigenvalue weighted by Crippen LogP contribution is 2.27. The first-order valence-corrected chi connectivity index (χ1v) is 7.99. The molecular formula is C17H18F3N3O2. The van der Waals surface area contributed by atoms with E-state index >= 15 is 0 Å². The lowest BCUT2D eigenvalue weighted by Crippen LogP contribution is -2.42. The average molecular weight is 353 g/mol. The first kappa shape index (κ1) is 17.5. The Morgan fingerprint density at radius 1 is 1.24 bits per heavy atom. The Hall–Kier alpha value is -2.35. The number of halogens is 3. The van der Waals surface area contributed by atoms with Crippen molar-refractivity contribution in [3.8, 4) is 11.3 Å². The van der Waals surface area contributed by atoms with E-state index in [9.17, 15) is 18.0 Å². The molecule has 134 valence electrons. The van der Waals surface area contributed by atoms with Crippen LogP contribution in [0.2, 0.25) is 0 Å². The molecule has 0 atom stereocenters. The third kappa shape index (κ3) is 4.01. The Labute approximate surface area is 142 Å². The predicted octanol–water partition coefficient (Wildman–Crippen LogP) is 3.53. The van der Waals surface area contributed by atoms with Gasteiger partial charge in [0.1, 0.15) is 5.69 Å². The number of aromatic amines is 1. The fraction of sp³-hybridized carbons (Fsp3) is 0.412. The van der Waals surface area contributed by atoms with Crippen molar-refractivity contribution in [1.29, 1.82) is 0 Å². The number of alkyl halides is 3. The Kier molecular flexibility index (Phi) is 4.80. The average Bonchev–Trinajstić information content (AvgIpc) is 2.96. The van der Waals surface area contributed by atoms with Crippen LogP contribution in [0, 0.1) is 6.92 Å².